The van der Waals surface area contributed by atoms with Gasteiger partial charge in [-0.15, -0.1) is 0 Å². The third-order valence-electron chi connectivity index (χ3n) is 9.47. The highest BCUT2D eigenvalue weighted by atomic mass is 35.5. The van der Waals surface area contributed by atoms with Gasteiger partial charge in [0.25, 0.3) is 31.9 Å². The Morgan fingerprint density at radius 2 is 1.14 bits per heavy atom. The highest BCUT2D eigenvalue weighted by molar-refractivity contribution is 7.90. The Bertz CT molecular complexity index is 2480. The molecule has 4 aromatic heterocycles. The second-order valence-electron chi connectivity index (χ2n) is 15.3. The van der Waals surface area contributed by atoms with E-state index in [0.717, 1.165) is 12.8 Å². The van der Waals surface area contributed by atoms with Crippen molar-refractivity contribution in [1.29, 1.82) is 5.26 Å². The molecule has 2 amide bonds. The number of nitrogens with zero attached hydrogens (tertiary/aromatic N) is 7. The summed E-state index contributed by atoms with van der Waals surface area (Å²) in [7, 11) is -8.42. The lowest BCUT2D eigenvalue weighted by Crippen LogP contribution is -2.41. The van der Waals surface area contributed by atoms with Crippen molar-refractivity contribution in [2.75, 3.05) is 34.4 Å². The number of amides is 2. The molecule has 17 nitrogen and oxygen atoms in total. The molecule has 2 atom stereocenters. The molecule has 20 heteroatoms. The van der Waals surface area contributed by atoms with Crippen molar-refractivity contribution in [2.45, 2.75) is 75.5 Å². The van der Waals surface area contributed by atoms with Crippen LogP contribution in [-0.2, 0) is 20.0 Å². The third kappa shape index (κ3) is 9.70. The molecule has 0 bridgehead atoms. The molecule has 0 unspecified atom stereocenters. The van der Waals surface area contributed by atoms with Gasteiger partial charge < -0.3 is 21.3 Å². The summed E-state index contributed by atoms with van der Waals surface area (Å²) in [6.45, 7) is 13.7. The Morgan fingerprint density at radius 3 is 1.53 bits per heavy atom. The Balaban J connectivity index is 0.000000218. The Morgan fingerprint density at radius 1 is 0.719 bits per heavy atom. The van der Waals surface area contributed by atoms with Gasteiger partial charge in [0, 0.05) is 24.2 Å². The highest BCUT2D eigenvalue weighted by Gasteiger charge is 2.40. The van der Waals surface area contributed by atoms with Crippen LogP contribution in [0.3, 0.4) is 0 Å². The summed E-state index contributed by atoms with van der Waals surface area (Å²) in [6.07, 6.45) is 1.78. The topological polar surface area (TPSA) is 260 Å². The Kier molecular flexibility index (Phi) is 12.0. The van der Waals surface area contributed by atoms with Gasteiger partial charge in [-0.05, 0) is 101 Å². The van der Waals surface area contributed by atoms with E-state index in [2.05, 4.69) is 33.8 Å². The predicted molar refractivity (Wildman–Crippen MR) is 215 cm³/mol. The van der Waals surface area contributed by atoms with Gasteiger partial charge in [-0.2, -0.15) is 22.1 Å². The molecule has 2 saturated heterocycles. The SMILES string of the molecule is C[C@@H]1CN(c2nc(C#N)ccc2C(=O)NS(=O)(=O)c2cccc(N)n2)C(C)(C)C1.C[C@@H]1CN(c2nc(Cl)ccc2C(=O)NS(=O)(=O)c2cccc(N)n2)C(C)(C)C1. The number of carbonyl (C=O) groups excluding carboxylic acids is 2. The van der Waals surface area contributed by atoms with Gasteiger partial charge in [0.05, 0.1) is 11.1 Å². The zero-order valence-electron chi connectivity index (χ0n) is 32.2. The maximum absolute atomic E-state index is 12.9. The molecule has 0 radical (unpaired) electrons. The number of carbonyl (C=O) groups is 2. The lowest BCUT2D eigenvalue weighted by molar-refractivity contribution is 0.0972. The minimum atomic E-state index is -4.23. The van der Waals surface area contributed by atoms with Gasteiger partial charge in [0.1, 0.15) is 40.2 Å². The van der Waals surface area contributed by atoms with E-state index in [9.17, 15) is 31.7 Å². The first kappa shape index (κ1) is 42.6. The fourth-order valence-electron chi connectivity index (χ4n) is 7.24. The molecular formula is C37H44ClN11O6S2. The summed E-state index contributed by atoms with van der Waals surface area (Å²) in [5.74, 6) is -0.205. The molecule has 2 fully saturated rings. The number of nitrogens with one attached hydrogen (secondary N) is 2. The standard InChI is InChI=1S/C19H22N6O3S.C18H22ClN5O3S/c1-12-9-19(2,3)25(11-12)17-14(8-7-13(10-20)22-17)18(26)24-29(27,28)16-6-4-5-15(21)23-16;1-11-9-18(2,3)24(10-11)16-12(7-8-13(19)21-16)17(25)23-28(26,27)15-6-4-5-14(20)22-15/h4-8,12H,9,11H2,1-3H3,(H2,21,23)(H,24,26);4-8,11H,9-10H2,1-3H3,(H2,20,22)(H,23,25)/t12-;11-/m00/s1. The average molecular weight is 838 g/mol. The van der Waals surface area contributed by atoms with Gasteiger partial charge >= 0.3 is 0 Å². The zero-order valence-corrected chi connectivity index (χ0v) is 34.6. The first-order valence-corrected chi connectivity index (χ1v) is 21.1. The number of nitrogens with two attached hydrogens (primary N) is 2. The average Bonchev–Trinajstić information content (AvgIpc) is 3.57. The van der Waals surface area contributed by atoms with Crippen LogP contribution in [0.25, 0.3) is 0 Å². The van der Waals surface area contributed by atoms with E-state index in [1.54, 1.807) is 0 Å². The number of nitrogen functional groups attached to an aromatic ring is 2. The predicted octanol–water partition coefficient (Wildman–Crippen LogP) is 4.13. The van der Waals surface area contributed by atoms with Gasteiger partial charge in [-0.3, -0.25) is 9.59 Å². The van der Waals surface area contributed by atoms with Crippen LogP contribution in [0.1, 0.15) is 80.8 Å². The van der Waals surface area contributed by atoms with Crippen LogP contribution in [0, 0.1) is 23.2 Å². The van der Waals surface area contributed by atoms with Crippen LogP contribution < -0.4 is 30.7 Å². The Labute approximate surface area is 337 Å². The summed E-state index contributed by atoms with van der Waals surface area (Å²) >= 11 is 6.06. The van der Waals surface area contributed by atoms with Crippen molar-refractivity contribution in [3.63, 3.8) is 0 Å². The first-order valence-electron chi connectivity index (χ1n) is 17.8. The molecule has 4 aromatic rings. The van der Waals surface area contributed by atoms with E-state index < -0.39 is 31.9 Å². The number of rotatable bonds is 8. The summed E-state index contributed by atoms with van der Waals surface area (Å²) in [5, 5.41) is 8.76. The van der Waals surface area contributed by atoms with Crippen LogP contribution >= 0.6 is 11.6 Å². The van der Waals surface area contributed by atoms with Crippen LogP contribution in [0.5, 0.6) is 0 Å². The van der Waals surface area contributed by atoms with Gasteiger partial charge in [-0.1, -0.05) is 37.6 Å². The monoisotopic (exact) mass is 837 g/mol. The number of aromatic nitrogens is 4. The maximum Gasteiger partial charge on any atom is 0.281 e. The lowest BCUT2D eigenvalue weighted by Gasteiger charge is -2.33. The van der Waals surface area contributed by atoms with E-state index in [4.69, 9.17) is 23.1 Å². The fraction of sp³-hybridized carbons (Fsp3) is 0.378. The number of nitriles is 1. The molecule has 57 heavy (non-hydrogen) atoms. The largest absolute Gasteiger partial charge is 0.384 e. The van der Waals surface area contributed by atoms with Crippen LogP contribution in [-0.4, -0.2) is 72.8 Å². The number of anilines is 4. The summed E-state index contributed by atoms with van der Waals surface area (Å²) < 4.78 is 54.3. The van der Waals surface area contributed by atoms with Crippen LogP contribution in [0.4, 0.5) is 23.3 Å². The third-order valence-corrected chi connectivity index (χ3v) is 12.1. The molecule has 0 aliphatic carbocycles. The Hall–Kier alpha value is -5.58. The van der Waals surface area contributed by atoms with Crippen molar-refractivity contribution in [1.82, 2.24) is 29.4 Å². The number of halogens is 1. The molecule has 6 N–H and O–H groups in total. The molecular weight excluding hydrogens is 794 g/mol. The number of hydrogen-bond donors (Lipinski definition) is 4. The van der Waals surface area contributed by atoms with Crippen LogP contribution in [0.15, 0.2) is 70.7 Å². The second-order valence-corrected chi connectivity index (χ2v) is 19.0. The molecule has 0 spiro atoms. The first-order chi connectivity index (χ1) is 26.5. The highest BCUT2D eigenvalue weighted by Crippen LogP contribution is 2.39. The molecule has 302 valence electrons. The van der Waals surface area contributed by atoms with E-state index in [1.165, 1.54) is 60.7 Å². The fourth-order valence-corrected chi connectivity index (χ4v) is 9.27. The number of hydrogen-bond acceptors (Lipinski definition) is 15. The van der Waals surface area contributed by atoms with Crippen molar-refractivity contribution < 1.29 is 26.4 Å². The zero-order chi connectivity index (χ0) is 42.1. The van der Waals surface area contributed by atoms with E-state index >= 15 is 0 Å². The molecule has 0 saturated carbocycles. The minimum Gasteiger partial charge on any atom is -0.384 e. The quantitative estimate of drug-likeness (QED) is 0.182. The van der Waals surface area contributed by atoms with Crippen molar-refractivity contribution in [3.05, 3.63) is 82.6 Å². The molecule has 6 heterocycles. The molecule has 2 aliphatic rings. The van der Waals surface area contributed by atoms with Gasteiger partial charge in [0.15, 0.2) is 10.1 Å². The second kappa shape index (κ2) is 16.1. The number of pyridine rings is 4. The number of sulfonamides is 2. The minimum absolute atomic E-state index is 0.0221. The summed E-state index contributed by atoms with van der Waals surface area (Å²) in [5.41, 5.74) is 10.9. The lowest BCUT2D eigenvalue weighted by atomic mass is 9.97. The normalized spacial score (nSPS) is 18.6. The van der Waals surface area contributed by atoms with Crippen LogP contribution in [0.2, 0.25) is 5.15 Å². The summed E-state index contributed by atoms with van der Waals surface area (Å²) in [4.78, 5) is 45.8. The van der Waals surface area contributed by atoms with E-state index in [0.29, 0.717) is 30.7 Å². The smallest absolute Gasteiger partial charge is 0.281 e. The van der Waals surface area contributed by atoms with Gasteiger partial charge in [0.2, 0.25) is 0 Å². The summed E-state index contributed by atoms with van der Waals surface area (Å²) in [6, 6.07) is 16.0. The van der Waals surface area contributed by atoms with Crippen molar-refractivity contribution in [3.8, 4) is 6.07 Å². The molecule has 0 aromatic carbocycles. The van der Waals surface area contributed by atoms with Crippen molar-refractivity contribution in [2.24, 2.45) is 11.8 Å². The van der Waals surface area contributed by atoms with E-state index in [-0.39, 0.29) is 60.6 Å². The van der Waals surface area contributed by atoms with Gasteiger partial charge in [-0.25, -0.2) is 29.4 Å². The molecule has 6 rings (SSSR count). The van der Waals surface area contributed by atoms with E-state index in [1.807, 2.05) is 53.0 Å². The van der Waals surface area contributed by atoms with Crippen molar-refractivity contribution >= 4 is 66.7 Å². The maximum atomic E-state index is 12.9. The molecule has 2 aliphatic heterocycles.